The predicted molar refractivity (Wildman–Crippen MR) is 80.3 cm³/mol. The fourth-order valence-electron chi connectivity index (χ4n) is 2.09. The monoisotopic (exact) mass is 311 g/mol. The van der Waals surface area contributed by atoms with Crippen molar-refractivity contribution in [1.82, 2.24) is 24.4 Å². The van der Waals surface area contributed by atoms with Crippen molar-refractivity contribution in [2.75, 3.05) is 13.6 Å². The molecule has 0 spiro atoms. The number of nitrogens with one attached hydrogen (secondary N) is 2. The first kappa shape index (κ1) is 15.7. The molecule has 0 bridgehead atoms. The lowest BCUT2D eigenvalue weighted by Gasteiger charge is -2.03. The second-order valence-corrected chi connectivity index (χ2v) is 6.75. The van der Waals surface area contributed by atoms with Crippen molar-refractivity contribution in [2.45, 2.75) is 17.9 Å². The molecular formula is C13H21N5O2S. The molecule has 0 atom stereocenters. The minimum atomic E-state index is -3.47. The minimum absolute atomic E-state index is 0.293. The molecule has 0 amide bonds. The van der Waals surface area contributed by atoms with Crippen molar-refractivity contribution in [1.29, 1.82) is 0 Å². The summed E-state index contributed by atoms with van der Waals surface area (Å²) in [6.45, 7) is 0.978. The third-order valence-corrected chi connectivity index (χ3v) is 4.64. The van der Waals surface area contributed by atoms with E-state index in [2.05, 4.69) is 15.1 Å². The van der Waals surface area contributed by atoms with Crippen LogP contribution >= 0.6 is 0 Å². The maximum absolute atomic E-state index is 12.2. The molecule has 0 saturated carbocycles. The van der Waals surface area contributed by atoms with Gasteiger partial charge < -0.3 is 9.88 Å². The van der Waals surface area contributed by atoms with Crippen LogP contribution in [0.3, 0.4) is 0 Å². The van der Waals surface area contributed by atoms with E-state index in [4.69, 9.17) is 0 Å². The van der Waals surface area contributed by atoms with Crippen LogP contribution in [0.2, 0.25) is 0 Å². The zero-order valence-electron chi connectivity index (χ0n) is 12.5. The fraction of sp³-hybridized carbons (Fsp3) is 0.462. The molecule has 8 heteroatoms. The summed E-state index contributed by atoms with van der Waals surface area (Å²) in [6.07, 6.45) is 5.85. The maximum Gasteiger partial charge on any atom is 0.242 e. The SMILES string of the molecule is CNCc1cc(S(=O)(=O)NCCc2cnn(C)c2)cn1C. The predicted octanol–water partition coefficient (Wildman–Crippen LogP) is -0.001000. The molecule has 2 aromatic heterocycles. The van der Waals surface area contributed by atoms with E-state index in [0.29, 0.717) is 24.4 Å². The topological polar surface area (TPSA) is 81.0 Å². The van der Waals surface area contributed by atoms with Crippen LogP contribution in [-0.2, 0) is 37.1 Å². The molecule has 0 fully saturated rings. The Balaban J connectivity index is 1.99. The van der Waals surface area contributed by atoms with Gasteiger partial charge in [0.05, 0.1) is 11.1 Å². The second-order valence-electron chi connectivity index (χ2n) is 4.98. The van der Waals surface area contributed by atoms with Gasteiger partial charge in [0.25, 0.3) is 0 Å². The van der Waals surface area contributed by atoms with Crippen LogP contribution in [0, 0.1) is 0 Å². The van der Waals surface area contributed by atoms with Crippen molar-refractivity contribution in [2.24, 2.45) is 14.1 Å². The van der Waals surface area contributed by atoms with Gasteiger partial charge in [-0.3, -0.25) is 4.68 Å². The Bertz CT molecular complexity index is 702. The van der Waals surface area contributed by atoms with Gasteiger partial charge >= 0.3 is 0 Å². The minimum Gasteiger partial charge on any atom is -0.352 e. The molecule has 0 aliphatic heterocycles. The molecular weight excluding hydrogens is 290 g/mol. The third kappa shape index (κ3) is 3.93. The van der Waals surface area contributed by atoms with E-state index < -0.39 is 10.0 Å². The first-order valence-corrected chi connectivity index (χ1v) is 8.17. The van der Waals surface area contributed by atoms with Gasteiger partial charge in [-0.1, -0.05) is 0 Å². The highest BCUT2D eigenvalue weighted by Gasteiger charge is 2.16. The lowest BCUT2D eigenvalue weighted by Crippen LogP contribution is -2.25. The lowest BCUT2D eigenvalue weighted by molar-refractivity contribution is 0.581. The number of hydrogen-bond donors (Lipinski definition) is 2. The van der Waals surface area contributed by atoms with Gasteiger partial charge in [0.2, 0.25) is 10.0 Å². The molecule has 116 valence electrons. The molecule has 21 heavy (non-hydrogen) atoms. The number of aryl methyl sites for hydroxylation is 2. The highest BCUT2D eigenvalue weighted by molar-refractivity contribution is 7.89. The smallest absolute Gasteiger partial charge is 0.242 e. The van der Waals surface area contributed by atoms with Crippen LogP contribution in [0.25, 0.3) is 0 Å². The van der Waals surface area contributed by atoms with Crippen LogP contribution in [-0.4, -0.2) is 36.4 Å². The Labute approximate surface area is 125 Å². The first-order valence-electron chi connectivity index (χ1n) is 6.69. The van der Waals surface area contributed by atoms with Gasteiger partial charge in [-0.15, -0.1) is 0 Å². The van der Waals surface area contributed by atoms with E-state index in [-0.39, 0.29) is 0 Å². The van der Waals surface area contributed by atoms with E-state index >= 15 is 0 Å². The van der Waals surface area contributed by atoms with Crippen molar-refractivity contribution in [3.05, 3.63) is 35.9 Å². The van der Waals surface area contributed by atoms with Gasteiger partial charge in [-0.25, -0.2) is 13.1 Å². The van der Waals surface area contributed by atoms with Crippen molar-refractivity contribution in [3.63, 3.8) is 0 Å². The normalized spacial score (nSPS) is 12.0. The van der Waals surface area contributed by atoms with Gasteiger partial charge in [0.1, 0.15) is 0 Å². The molecule has 2 N–H and O–H groups in total. The molecule has 2 aromatic rings. The van der Waals surface area contributed by atoms with Crippen LogP contribution < -0.4 is 10.0 Å². The number of aromatic nitrogens is 3. The Kier molecular flexibility index (Phi) is 4.81. The fourth-order valence-corrected chi connectivity index (χ4v) is 3.22. The Morgan fingerprint density at radius 1 is 1.29 bits per heavy atom. The van der Waals surface area contributed by atoms with Crippen LogP contribution in [0.1, 0.15) is 11.3 Å². The number of sulfonamides is 1. The molecule has 0 saturated heterocycles. The summed E-state index contributed by atoms with van der Waals surface area (Å²) in [6, 6.07) is 1.68. The Hall–Kier alpha value is -1.64. The number of nitrogens with zero attached hydrogens (tertiary/aromatic N) is 3. The lowest BCUT2D eigenvalue weighted by atomic mass is 10.3. The van der Waals surface area contributed by atoms with E-state index in [9.17, 15) is 8.42 Å². The summed E-state index contributed by atoms with van der Waals surface area (Å²) < 4.78 is 30.6. The standard InChI is InChI=1S/C13H21N5O2S/c1-14-8-12-6-13(10-17(12)2)21(19,20)16-5-4-11-7-15-18(3)9-11/h6-7,9-10,14,16H,4-5,8H2,1-3H3. The molecule has 2 heterocycles. The zero-order chi connectivity index (χ0) is 15.5. The van der Waals surface area contributed by atoms with Gasteiger partial charge in [0, 0.05) is 45.3 Å². The van der Waals surface area contributed by atoms with E-state index in [1.807, 2.05) is 31.9 Å². The zero-order valence-corrected chi connectivity index (χ0v) is 13.3. The summed E-state index contributed by atoms with van der Waals surface area (Å²) in [5.41, 5.74) is 1.93. The quantitative estimate of drug-likeness (QED) is 0.754. The summed E-state index contributed by atoms with van der Waals surface area (Å²) in [5.74, 6) is 0. The second kappa shape index (κ2) is 6.42. The molecule has 0 unspecified atom stereocenters. The van der Waals surface area contributed by atoms with Gasteiger partial charge in [0.15, 0.2) is 0 Å². The highest BCUT2D eigenvalue weighted by atomic mass is 32.2. The van der Waals surface area contributed by atoms with E-state index in [0.717, 1.165) is 11.3 Å². The Morgan fingerprint density at radius 3 is 2.67 bits per heavy atom. The van der Waals surface area contributed by atoms with Crippen molar-refractivity contribution < 1.29 is 8.42 Å². The largest absolute Gasteiger partial charge is 0.352 e. The number of rotatable bonds is 7. The van der Waals surface area contributed by atoms with Crippen LogP contribution in [0.15, 0.2) is 29.6 Å². The van der Waals surface area contributed by atoms with E-state index in [1.165, 1.54) is 0 Å². The average molecular weight is 311 g/mol. The maximum atomic E-state index is 12.2. The Morgan fingerprint density at radius 2 is 2.05 bits per heavy atom. The van der Waals surface area contributed by atoms with Gasteiger partial charge in [-0.2, -0.15) is 5.10 Å². The highest BCUT2D eigenvalue weighted by Crippen LogP contribution is 2.13. The molecule has 2 rings (SSSR count). The summed E-state index contributed by atoms with van der Waals surface area (Å²) >= 11 is 0. The summed E-state index contributed by atoms with van der Waals surface area (Å²) in [5, 5.41) is 7.07. The molecule has 7 nitrogen and oxygen atoms in total. The first-order chi connectivity index (χ1) is 9.92. The summed E-state index contributed by atoms with van der Waals surface area (Å²) in [4.78, 5) is 0.293. The molecule has 0 aliphatic carbocycles. The molecule has 0 radical (unpaired) electrons. The van der Waals surface area contributed by atoms with Crippen molar-refractivity contribution >= 4 is 10.0 Å². The van der Waals surface area contributed by atoms with Gasteiger partial charge in [-0.05, 0) is 25.1 Å². The molecule has 0 aliphatic rings. The van der Waals surface area contributed by atoms with Crippen LogP contribution in [0.4, 0.5) is 0 Å². The average Bonchev–Trinajstić information content (AvgIpc) is 2.98. The van der Waals surface area contributed by atoms with Crippen molar-refractivity contribution in [3.8, 4) is 0 Å². The summed E-state index contributed by atoms with van der Waals surface area (Å²) in [7, 11) is 2.03. The molecule has 0 aromatic carbocycles. The van der Waals surface area contributed by atoms with Crippen LogP contribution in [0.5, 0.6) is 0 Å². The third-order valence-electron chi connectivity index (χ3n) is 3.22. The van der Waals surface area contributed by atoms with E-state index in [1.54, 1.807) is 23.1 Å². The number of hydrogen-bond acceptors (Lipinski definition) is 4.